The van der Waals surface area contributed by atoms with Gasteiger partial charge in [0.05, 0.1) is 0 Å². The molecular weight excluding hydrogens is 226 g/mol. The summed E-state index contributed by atoms with van der Waals surface area (Å²) >= 11 is 0. The van der Waals surface area contributed by atoms with Crippen LogP contribution in [0.2, 0.25) is 0 Å². The fraction of sp³-hybridized carbons (Fsp3) is 0.933. The molecule has 104 valence electrons. The van der Waals surface area contributed by atoms with E-state index in [0.29, 0.717) is 0 Å². The standard InChI is InChI=1S/C15H27NO2/c1-12-5-7-13(8-6-12)11-16-10-4-3-9-15(16,2)14(17)18/h12-13H,3-11H2,1-2H3,(H,17,18). The number of hydrogen-bond acceptors (Lipinski definition) is 2. The Hall–Kier alpha value is -0.570. The Morgan fingerprint density at radius 1 is 1.28 bits per heavy atom. The maximum Gasteiger partial charge on any atom is 0.323 e. The van der Waals surface area contributed by atoms with Crippen molar-refractivity contribution in [3.05, 3.63) is 0 Å². The molecular formula is C15H27NO2. The number of hydrogen-bond donors (Lipinski definition) is 1. The monoisotopic (exact) mass is 253 g/mol. The second-order valence-electron chi connectivity index (χ2n) is 6.61. The van der Waals surface area contributed by atoms with E-state index in [1.807, 2.05) is 6.92 Å². The Kier molecular flexibility index (Phi) is 4.31. The molecule has 1 N–H and O–H groups in total. The lowest BCUT2D eigenvalue weighted by atomic mass is 9.81. The third kappa shape index (κ3) is 2.87. The number of carboxylic acid groups (broad SMARTS) is 1. The van der Waals surface area contributed by atoms with Gasteiger partial charge < -0.3 is 5.11 Å². The first-order chi connectivity index (χ1) is 8.52. The summed E-state index contributed by atoms with van der Waals surface area (Å²) in [5.74, 6) is 0.956. The summed E-state index contributed by atoms with van der Waals surface area (Å²) in [6.45, 7) is 6.21. The minimum Gasteiger partial charge on any atom is -0.480 e. The van der Waals surface area contributed by atoms with Crippen LogP contribution in [0.4, 0.5) is 0 Å². The van der Waals surface area contributed by atoms with Crippen molar-refractivity contribution in [2.24, 2.45) is 11.8 Å². The van der Waals surface area contributed by atoms with E-state index in [4.69, 9.17) is 0 Å². The van der Waals surface area contributed by atoms with E-state index in [1.54, 1.807) is 0 Å². The van der Waals surface area contributed by atoms with Crippen molar-refractivity contribution in [1.82, 2.24) is 4.90 Å². The largest absolute Gasteiger partial charge is 0.480 e. The van der Waals surface area contributed by atoms with Gasteiger partial charge in [-0.05, 0) is 57.4 Å². The Morgan fingerprint density at radius 3 is 2.56 bits per heavy atom. The predicted octanol–water partition coefficient (Wildman–Crippen LogP) is 3.14. The van der Waals surface area contributed by atoms with E-state index in [0.717, 1.165) is 44.2 Å². The predicted molar refractivity (Wildman–Crippen MR) is 72.6 cm³/mol. The smallest absolute Gasteiger partial charge is 0.323 e. The molecule has 0 radical (unpaired) electrons. The Bertz CT molecular complexity index is 297. The molecule has 0 aromatic carbocycles. The van der Waals surface area contributed by atoms with Crippen LogP contribution in [-0.2, 0) is 4.79 Å². The van der Waals surface area contributed by atoms with E-state index in [9.17, 15) is 9.90 Å². The number of carbonyl (C=O) groups is 1. The zero-order valence-corrected chi connectivity index (χ0v) is 11.8. The summed E-state index contributed by atoms with van der Waals surface area (Å²) in [6, 6.07) is 0. The van der Waals surface area contributed by atoms with Crippen LogP contribution in [-0.4, -0.2) is 34.6 Å². The van der Waals surface area contributed by atoms with Gasteiger partial charge in [-0.1, -0.05) is 19.8 Å². The highest BCUT2D eigenvalue weighted by molar-refractivity contribution is 5.78. The first kappa shape index (κ1) is 13.9. The molecule has 1 aliphatic carbocycles. The Balaban J connectivity index is 1.95. The number of rotatable bonds is 3. The van der Waals surface area contributed by atoms with Gasteiger partial charge in [0.2, 0.25) is 0 Å². The molecule has 1 unspecified atom stereocenters. The normalized spacial score (nSPS) is 38.6. The summed E-state index contributed by atoms with van der Waals surface area (Å²) < 4.78 is 0. The molecule has 0 aromatic rings. The van der Waals surface area contributed by atoms with Crippen molar-refractivity contribution in [3.63, 3.8) is 0 Å². The van der Waals surface area contributed by atoms with E-state index < -0.39 is 11.5 Å². The van der Waals surface area contributed by atoms with Gasteiger partial charge in [-0.15, -0.1) is 0 Å². The summed E-state index contributed by atoms with van der Waals surface area (Å²) in [6.07, 6.45) is 8.24. The highest BCUT2D eigenvalue weighted by Crippen LogP contribution is 2.33. The molecule has 1 saturated heterocycles. The summed E-state index contributed by atoms with van der Waals surface area (Å²) in [4.78, 5) is 13.8. The average molecular weight is 253 g/mol. The van der Waals surface area contributed by atoms with E-state index in [1.165, 1.54) is 25.7 Å². The van der Waals surface area contributed by atoms with Gasteiger partial charge in [0.1, 0.15) is 5.54 Å². The molecule has 0 bridgehead atoms. The lowest BCUT2D eigenvalue weighted by Gasteiger charge is -2.44. The van der Waals surface area contributed by atoms with E-state index >= 15 is 0 Å². The van der Waals surface area contributed by atoms with Crippen molar-refractivity contribution in [2.75, 3.05) is 13.1 Å². The van der Waals surface area contributed by atoms with E-state index in [2.05, 4.69) is 11.8 Å². The molecule has 18 heavy (non-hydrogen) atoms. The van der Waals surface area contributed by atoms with E-state index in [-0.39, 0.29) is 0 Å². The first-order valence-electron chi connectivity index (χ1n) is 7.51. The lowest BCUT2D eigenvalue weighted by Crippen LogP contribution is -2.56. The quantitative estimate of drug-likeness (QED) is 0.840. The highest BCUT2D eigenvalue weighted by Gasteiger charge is 2.42. The number of likely N-dealkylation sites (tertiary alicyclic amines) is 1. The van der Waals surface area contributed by atoms with Gasteiger partial charge in [-0.25, -0.2) is 0 Å². The maximum atomic E-state index is 11.5. The van der Waals surface area contributed by atoms with Crippen molar-refractivity contribution >= 4 is 5.97 Å². The minimum atomic E-state index is -0.633. The lowest BCUT2D eigenvalue weighted by molar-refractivity contribution is -0.153. The van der Waals surface area contributed by atoms with Crippen LogP contribution in [0.1, 0.15) is 58.8 Å². The van der Waals surface area contributed by atoms with Gasteiger partial charge in [-0.3, -0.25) is 9.69 Å². The molecule has 0 aromatic heterocycles. The van der Waals surface area contributed by atoms with Crippen LogP contribution >= 0.6 is 0 Å². The van der Waals surface area contributed by atoms with Crippen molar-refractivity contribution < 1.29 is 9.90 Å². The molecule has 2 fully saturated rings. The topological polar surface area (TPSA) is 40.5 Å². The molecule has 1 saturated carbocycles. The van der Waals surface area contributed by atoms with Gasteiger partial charge in [0, 0.05) is 6.54 Å². The maximum absolute atomic E-state index is 11.5. The molecule has 1 aliphatic heterocycles. The van der Waals surface area contributed by atoms with Crippen molar-refractivity contribution in [1.29, 1.82) is 0 Å². The summed E-state index contributed by atoms with van der Waals surface area (Å²) in [7, 11) is 0. The molecule has 3 heteroatoms. The van der Waals surface area contributed by atoms with Crippen LogP contribution in [0.25, 0.3) is 0 Å². The minimum absolute atomic E-state index is 0.610. The fourth-order valence-electron chi connectivity index (χ4n) is 3.54. The number of piperidine rings is 1. The van der Waals surface area contributed by atoms with Crippen molar-refractivity contribution in [2.45, 2.75) is 64.3 Å². The molecule has 3 nitrogen and oxygen atoms in total. The zero-order chi connectivity index (χ0) is 13.2. The second-order valence-corrected chi connectivity index (χ2v) is 6.61. The Labute approximate surface area is 111 Å². The molecule has 2 rings (SSSR count). The SMILES string of the molecule is CC1CCC(CN2CCCCC2(C)C(=O)O)CC1. The van der Waals surface area contributed by atoms with Gasteiger partial charge in [-0.2, -0.15) is 0 Å². The highest BCUT2D eigenvalue weighted by atomic mass is 16.4. The fourth-order valence-corrected chi connectivity index (χ4v) is 3.54. The van der Waals surface area contributed by atoms with Crippen molar-refractivity contribution in [3.8, 4) is 0 Å². The zero-order valence-electron chi connectivity index (χ0n) is 11.8. The Morgan fingerprint density at radius 2 is 1.94 bits per heavy atom. The molecule has 1 heterocycles. The molecule has 0 amide bonds. The molecule has 2 aliphatic rings. The number of aliphatic carboxylic acids is 1. The second kappa shape index (κ2) is 5.60. The average Bonchev–Trinajstić information content (AvgIpc) is 2.35. The first-order valence-corrected chi connectivity index (χ1v) is 7.51. The van der Waals surface area contributed by atoms with Crippen LogP contribution in [0.3, 0.4) is 0 Å². The summed E-state index contributed by atoms with van der Waals surface area (Å²) in [5.41, 5.74) is -0.610. The molecule has 1 atom stereocenters. The number of carboxylic acids is 1. The van der Waals surface area contributed by atoms with Gasteiger partial charge in [0.15, 0.2) is 0 Å². The summed E-state index contributed by atoms with van der Waals surface area (Å²) in [5, 5.41) is 9.50. The van der Waals surface area contributed by atoms with Gasteiger partial charge >= 0.3 is 5.97 Å². The van der Waals surface area contributed by atoms with Crippen LogP contribution in [0.5, 0.6) is 0 Å². The third-order valence-corrected chi connectivity index (χ3v) is 5.11. The van der Waals surface area contributed by atoms with Crippen LogP contribution in [0, 0.1) is 11.8 Å². The number of nitrogens with zero attached hydrogens (tertiary/aromatic N) is 1. The van der Waals surface area contributed by atoms with Gasteiger partial charge in [0.25, 0.3) is 0 Å². The molecule has 0 spiro atoms. The third-order valence-electron chi connectivity index (χ3n) is 5.11. The van der Waals surface area contributed by atoms with Crippen LogP contribution < -0.4 is 0 Å². The van der Waals surface area contributed by atoms with Crippen LogP contribution in [0.15, 0.2) is 0 Å².